The molecule has 0 N–H and O–H groups in total. The van der Waals surface area contributed by atoms with Crippen molar-refractivity contribution >= 4 is 5.84 Å². The van der Waals surface area contributed by atoms with Gasteiger partial charge < -0.3 is 4.90 Å². The number of rotatable bonds is 6. The normalized spacial score (nSPS) is 16.3. The Hall–Kier alpha value is -0.530. The van der Waals surface area contributed by atoms with Crippen LogP contribution in [0.2, 0.25) is 0 Å². The molecule has 2 unspecified atom stereocenters. The minimum absolute atomic E-state index is 0.598. The molecule has 0 rings (SSSR count). The molecule has 2 heteroatoms. The van der Waals surface area contributed by atoms with E-state index < -0.39 is 0 Å². The fourth-order valence-corrected chi connectivity index (χ4v) is 1.55. The van der Waals surface area contributed by atoms with Gasteiger partial charge in [-0.25, -0.2) is 0 Å². The average Bonchev–Trinajstić information content (AvgIpc) is 2.27. The maximum absolute atomic E-state index is 4.41. The third-order valence-corrected chi connectivity index (χ3v) is 3.47. The van der Waals surface area contributed by atoms with Crippen LogP contribution in [0.4, 0.5) is 0 Å². The molecule has 0 saturated carbocycles. The lowest BCUT2D eigenvalue weighted by atomic mass is 10.0. The minimum Gasteiger partial charge on any atom is -0.361 e. The standard InChI is InChI=1S/C13H28N2/c1-7-11(3)9-10-13(14-5)15(6)12(4)8-2/h11-12H,7-10H2,1-6H3. The van der Waals surface area contributed by atoms with E-state index in [2.05, 4.69) is 44.6 Å². The molecule has 0 aliphatic carbocycles. The highest BCUT2D eigenvalue weighted by Crippen LogP contribution is 2.13. The van der Waals surface area contributed by atoms with Crippen molar-refractivity contribution in [3.8, 4) is 0 Å². The quantitative estimate of drug-likeness (QED) is 0.485. The second-order valence-corrected chi connectivity index (χ2v) is 4.56. The van der Waals surface area contributed by atoms with Crippen molar-refractivity contribution in [2.45, 2.75) is 59.4 Å². The zero-order valence-corrected chi connectivity index (χ0v) is 11.4. The Kier molecular flexibility index (Phi) is 7.45. The lowest BCUT2D eigenvalue weighted by Gasteiger charge is -2.27. The lowest BCUT2D eigenvalue weighted by molar-refractivity contribution is 0.368. The largest absolute Gasteiger partial charge is 0.361 e. The van der Waals surface area contributed by atoms with Gasteiger partial charge in [0.25, 0.3) is 0 Å². The molecule has 0 heterocycles. The minimum atomic E-state index is 0.598. The fourth-order valence-electron chi connectivity index (χ4n) is 1.55. The van der Waals surface area contributed by atoms with Crippen LogP contribution in [-0.4, -0.2) is 30.9 Å². The van der Waals surface area contributed by atoms with Gasteiger partial charge in [0.15, 0.2) is 0 Å². The van der Waals surface area contributed by atoms with Gasteiger partial charge in [0.05, 0.1) is 5.84 Å². The fraction of sp³-hybridized carbons (Fsp3) is 0.923. The molecule has 0 bridgehead atoms. The Labute approximate surface area is 95.8 Å². The zero-order chi connectivity index (χ0) is 11.8. The molecule has 0 saturated heterocycles. The van der Waals surface area contributed by atoms with Gasteiger partial charge in [-0.05, 0) is 25.7 Å². The van der Waals surface area contributed by atoms with E-state index in [0.717, 1.165) is 12.3 Å². The van der Waals surface area contributed by atoms with Gasteiger partial charge >= 0.3 is 0 Å². The Morgan fingerprint density at radius 1 is 1.20 bits per heavy atom. The molecular weight excluding hydrogens is 184 g/mol. The maximum atomic E-state index is 4.41. The average molecular weight is 212 g/mol. The maximum Gasteiger partial charge on any atom is 0.0985 e. The van der Waals surface area contributed by atoms with Crippen molar-refractivity contribution in [1.29, 1.82) is 0 Å². The first-order valence-corrected chi connectivity index (χ1v) is 6.25. The molecule has 2 atom stereocenters. The molecule has 0 fully saturated rings. The second-order valence-electron chi connectivity index (χ2n) is 4.56. The van der Waals surface area contributed by atoms with Gasteiger partial charge in [-0.2, -0.15) is 0 Å². The molecule has 0 aliphatic heterocycles. The number of amidine groups is 1. The van der Waals surface area contributed by atoms with Crippen LogP contribution < -0.4 is 0 Å². The smallest absolute Gasteiger partial charge is 0.0985 e. The number of hydrogen-bond acceptors (Lipinski definition) is 1. The summed E-state index contributed by atoms with van der Waals surface area (Å²) in [5.41, 5.74) is 0. The summed E-state index contributed by atoms with van der Waals surface area (Å²) in [6, 6.07) is 0.598. The number of hydrogen-bond donors (Lipinski definition) is 0. The lowest BCUT2D eigenvalue weighted by Crippen LogP contribution is -2.34. The first-order valence-electron chi connectivity index (χ1n) is 6.25. The molecular formula is C13H28N2. The van der Waals surface area contributed by atoms with Crippen molar-refractivity contribution in [3.05, 3.63) is 0 Å². The summed E-state index contributed by atoms with van der Waals surface area (Å²) in [4.78, 5) is 6.73. The SMILES string of the molecule is CCC(C)CCC(=NC)N(C)C(C)CC. The van der Waals surface area contributed by atoms with Gasteiger partial charge in [0.1, 0.15) is 0 Å². The third kappa shape index (κ3) is 5.19. The third-order valence-electron chi connectivity index (χ3n) is 3.47. The Balaban J connectivity index is 4.14. The van der Waals surface area contributed by atoms with Crippen molar-refractivity contribution in [3.63, 3.8) is 0 Å². The number of aliphatic imine (C=N–C) groups is 1. The van der Waals surface area contributed by atoms with Gasteiger partial charge in [-0.3, -0.25) is 4.99 Å². The highest BCUT2D eigenvalue weighted by atomic mass is 15.2. The van der Waals surface area contributed by atoms with E-state index in [9.17, 15) is 0 Å². The summed E-state index contributed by atoms with van der Waals surface area (Å²) in [6.07, 6.45) is 4.82. The van der Waals surface area contributed by atoms with Crippen molar-refractivity contribution in [1.82, 2.24) is 4.90 Å². The van der Waals surface area contributed by atoms with E-state index in [4.69, 9.17) is 0 Å². The van der Waals surface area contributed by atoms with Gasteiger partial charge in [0, 0.05) is 26.6 Å². The molecule has 0 aromatic rings. The first-order chi connectivity index (χ1) is 7.06. The summed E-state index contributed by atoms with van der Waals surface area (Å²) in [5, 5.41) is 0. The van der Waals surface area contributed by atoms with Crippen LogP contribution in [-0.2, 0) is 0 Å². The molecule has 2 nitrogen and oxygen atoms in total. The summed E-state index contributed by atoms with van der Waals surface area (Å²) >= 11 is 0. The van der Waals surface area contributed by atoms with Crippen LogP contribution in [0.1, 0.15) is 53.4 Å². The van der Waals surface area contributed by atoms with Gasteiger partial charge in [-0.1, -0.05) is 27.2 Å². The van der Waals surface area contributed by atoms with Gasteiger partial charge in [0.2, 0.25) is 0 Å². The topological polar surface area (TPSA) is 15.6 Å². The van der Waals surface area contributed by atoms with Crippen LogP contribution >= 0.6 is 0 Å². The summed E-state index contributed by atoms with van der Waals surface area (Å²) in [6.45, 7) is 9.06. The molecule has 0 amide bonds. The molecule has 0 aromatic heterocycles. The van der Waals surface area contributed by atoms with Crippen molar-refractivity contribution in [2.75, 3.05) is 14.1 Å². The monoisotopic (exact) mass is 212 g/mol. The van der Waals surface area contributed by atoms with E-state index in [1.54, 1.807) is 0 Å². The van der Waals surface area contributed by atoms with Crippen molar-refractivity contribution < 1.29 is 0 Å². The van der Waals surface area contributed by atoms with Crippen LogP contribution in [0.15, 0.2) is 4.99 Å². The second kappa shape index (κ2) is 7.72. The molecule has 0 aromatic carbocycles. The van der Waals surface area contributed by atoms with E-state index in [1.807, 2.05) is 7.05 Å². The highest BCUT2D eigenvalue weighted by Gasteiger charge is 2.12. The van der Waals surface area contributed by atoms with Gasteiger partial charge in [-0.15, -0.1) is 0 Å². The van der Waals surface area contributed by atoms with Crippen LogP contribution in [0.5, 0.6) is 0 Å². The van der Waals surface area contributed by atoms with Crippen LogP contribution in [0.3, 0.4) is 0 Å². The zero-order valence-electron chi connectivity index (χ0n) is 11.4. The Bertz CT molecular complexity index is 187. The molecule has 0 radical (unpaired) electrons. The van der Waals surface area contributed by atoms with Crippen LogP contribution in [0, 0.1) is 5.92 Å². The summed E-state index contributed by atoms with van der Waals surface area (Å²) < 4.78 is 0. The predicted molar refractivity (Wildman–Crippen MR) is 69.6 cm³/mol. The molecule has 0 spiro atoms. The molecule has 90 valence electrons. The van der Waals surface area contributed by atoms with E-state index in [-0.39, 0.29) is 0 Å². The Morgan fingerprint density at radius 2 is 1.80 bits per heavy atom. The molecule has 0 aliphatic rings. The first kappa shape index (κ1) is 14.5. The highest BCUT2D eigenvalue weighted by molar-refractivity contribution is 5.82. The van der Waals surface area contributed by atoms with Crippen molar-refractivity contribution in [2.24, 2.45) is 10.9 Å². The predicted octanol–water partition coefficient (Wildman–Crippen LogP) is 3.57. The number of nitrogens with zero attached hydrogens (tertiary/aromatic N) is 2. The summed E-state index contributed by atoms with van der Waals surface area (Å²) in [5.74, 6) is 2.07. The molecule has 15 heavy (non-hydrogen) atoms. The Morgan fingerprint density at radius 3 is 2.20 bits per heavy atom. The van der Waals surface area contributed by atoms with Crippen LogP contribution in [0.25, 0.3) is 0 Å². The van der Waals surface area contributed by atoms with E-state index in [1.165, 1.54) is 25.1 Å². The van der Waals surface area contributed by atoms with E-state index >= 15 is 0 Å². The summed E-state index contributed by atoms with van der Waals surface area (Å²) in [7, 11) is 4.07. The van der Waals surface area contributed by atoms with E-state index in [0.29, 0.717) is 6.04 Å².